The van der Waals surface area contributed by atoms with Crippen LogP contribution in [0.4, 0.5) is 14.5 Å². The molecule has 0 fully saturated rings. The lowest BCUT2D eigenvalue weighted by Gasteiger charge is -2.23. The fraction of sp³-hybridized carbons (Fsp3) is 0.188. The first-order chi connectivity index (χ1) is 10.2. The molecule has 3 rings (SSSR count). The highest BCUT2D eigenvalue weighted by Crippen LogP contribution is 2.26. The molecule has 2 aromatic carbocycles. The number of para-hydroxylation sites is 1. The van der Waals surface area contributed by atoms with Gasteiger partial charge in [0.15, 0.2) is 0 Å². The SMILES string of the molecule is O=C1CNCc2ccccc2N1Cc1c(F)cccc1F. The standard InChI is InChI=1S/C16H14F2N2O/c17-13-5-3-6-14(18)12(13)10-20-15-7-2-1-4-11(15)8-19-9-16(20)21/h1-7,19H,8-10H2. The van der Waals surface area contributed by atoms with E-state index in [9.17, 15) is 13.6 Å². The number of hydrogen-bond donors (Lipinski definition) is 1. The van der Waals surface area contributed by atoms with Crippen LogP contribution in [0.25, 0.3) is 0 Å². The summed E-state index contributed by atoms with van der Waals surface area (Å²) in [5, 5.41) is 3.02. The number of anilines is 1. The van der Waals surface area contributed by atoms with Crippen LogP contribution in [0.5, 0.6) is 0 Å². The number of benzene rings is 2. The van der Waals surface area contributed by atoms with Gasteiger partial charge in [0, 0.05) is 17.8 Å². The third kappa shape index (κ3) is 2.64. The molecule has 0 bridgehead atoms. The van der Waals surface area contributed by atoms with Crippen LogP contribution in [-0.2, 0) is 17.9 Å². The van der Waals surface area contributed by atoms with Gasteiger partial charge < -0.3 is 10.2 Å². The molecule has 1 aliphatic heterocycles. The van der Waals surface area contributed by atoms with Crippen LogP contribution in [-0.4, -0.2) is 12.5 Å². The van der Waals surface area contributed by atoms with Crippen molar-refractivity contribution in [3.63, 3.8) is 0 Å². The van der Waals surface area contributed by atoms with Gasteiger partial charge in [0.25, 0.3) is 0 Å². The molecule has 1 aliphatic rings. The van der Waals surface area contributed by atoms with E-state index in [1.54, 1.807) is 6.07 Å². The lowest BCUT2D eigenvalue weighted by Crippen LogP contribution is -2.35. The summed E-state index contributed by atoms with van der Waals surface area (Å²) in [5.74, 6) is -1.49. The van der Waals surface area contributed by atoms with Gasteiger partial charge in [0.2, 0.25) is 5.91 Å². The number of nitrogens with one attached hydrogen (secondary N) is 1. The maximum Gasteiger partial charge on any atom is 0.241 e. The van der Waals surface area contributed by atoms with Gasteiger partial charge in [-0.2, -0.15) is 0 Å². The predicted molar refractivity (Wildman–Crippen MR) is 75.7 cm³/mol. The largest absolute Gasteiger partial charge is 0.306 e. The monoisotopic (exact) mass is 288 g/mol. The Labute approximate surface area is 121 Å². The number of hydrogen-bond acceptors (Lipinski definition) is 2. The normalized spacial score (nSPS) is 14.8. The second-order valence-electron chi connectivity index (χ2n) is 4.91. The summed E-state index contributed by atoms with van der Waals surface area (Å²) in [6, 6.07) is 11.1. The fourth-order valence-electron chi connectivity index (χ4n) is 2.47. The highest BCUT2D eigenvalue weighted by Gasteiger charge is 2.24. The number of rotatable bonds is 2. The molecule has 0 saturated carbocycles. The minimum absolute atomic E-state index is 0.0949. The number of carbonyl (C=O) groups excluding carboxylic acids is 1. The van der Waals surface area contributed by atoms with E-state index in [1.807, 2.05) is 18.2 Å². The summed E-state index contributed by atoms with van der Waals surface area (Å²) in [7, 11) is 0. The summed E-state index contributed by atoms with van der Waals surface area (Å²) in [6.07, 6.45) is 0. The Morgan fingerprint density at radius 2 is 1.71 bits per heavy atom. The molecule has 0 saturated heterocycles. The summed E-state index contributed by atoms with van der Waals surface area (Å²) in [4.78, 5) is 13.6. The molecule has 0 radical (unpaired) electrons. The van der Waals surface area contributed by atoms with Gasteiger partial charge in [-0.1, -0.05) is 24.3 Å². The summed E-state index contributed by atoms with van der Waals surface area (Å²) >= 11 is 0. The quantitative estimate of drug-likeness (QED) is 0.921. The number of fused-ring (bicyclic) bond motifs is 1. The van der Waals surface area contributed by atoms with Gasteiger partial charge in [-0.15, -0.1) is 0 Å². The van der Waals surface area contributed by atoms with Gasteiger partial charge in [-0.25, -0.2) is 8.78 Å². The molecule has 1 amide bonds. The highest BCUT2D eigenvalue weighted by atomic mass is 19.1. The number of carbonyl (C=O) groups is 1. The minimum atomic E-state index is -0.641. The van der Waals surface area contributed by atoms with E-state index in [2.05, 4.69) is 5.32 Å². The van der Waals surface area contributed by atoms with Gasteiger partial charge in [0.05, 0.1) is 13.1 Å². The molecule has 0 aliphatic carbocycles. The van der Waals surface area contributed by atoms with Crippen molar-refractivity contribution in [3.05, 3.63) is 65.2 Å². The Bertz CT molecular complexity index is 667. The van der Waals surface area contributed by atoms with Crippen molar-refractivity contribution < 1.29 is 13.6 Å². The number of nitrogens with zero attached hydrogens (tertiary/aromatic N) is 1. The first kappa shape index (κ1) is 13.7. The zero-order valence-electron chi connectivity index (χ0n) is 11.3. The molecule has 3 nitrogen and oxygen atoms in total. The van der Waals surface area contributed by atoms with E-state index in [-0.39, 0.29) is 24.6 Å². The zero-order valence-corrected chi connectivity index (χ0v) is 11.3. The fourth-order valence-corrected chi connectivity index (χ4v) is 2.47. The van der Waals surface area contributed by atoms with Crippen LogP contribution in [0.15, 0.2) is 42.5 Å². The van der Waals surface area contributed by atoms with Gasteiger partial charge in [-0.3, -0.25) is 4.79 Å². The molecule has 1 heterocycles. The Kier molecular flexibility index (Phi) is 3.66. The lowest BCUT2D eigenvalue weighted by molar-refractivity contribution is -0.117. The van der Waals surface area contributed by atoms with Gasteiger partial charge >= 0.3 is 0 Å². The Balaban J connectivity index is 2.02. The maximum atomic E-state index is 13.8. The van der Waals surface area contributed by atoms with E-state index in [1.165, 1.54) is 23.1 Å². The average molecular weight is 288 g/mol. The first-order valence-electron chi connectivity index (χ1n) is 6.68. The summed E-state index contributed by atoms with van der Waals surface area (Å²) < 4.78 is 27.6. The van der Waals surface area contributed by atoms with Crippen molar-refractivity contribution >= 4 is 11.6 Å². The third-order valence-corrected chi connectivity index (χ3v) is 3.55. The van der Waals surface area contributed by atoms with Crippen molar-refractivity contribution in [2.24, 2.45) is 0 Å². The average Bonchev–Trinajstić information content (AvgIpc) is 2.62. The molecule has 0 atom stereocenters. The summed E-state index contributed by atoms with van der Waals surface area (Å²) in [6.45, 7) is 0.582. The molecule has 21 heavy (non-hydrogen) atoms. The molecular formula is C16H14F2N2O. The van der Waals surface area contributed by atoms with Crippen molar-refractivity contribution in [3.8, 4) is 0 Å². The van der Waals surface area contributed by atoms with Crippen LogP contribution in [0.3, 0.4) is 0 Å². The van der Waals surface area contributed by atoms with Crippen molar-refractivity contribution in [1.29, 1.82) is 0 Å². The second-order valence-corrected chi connectivity index (χ2v) is 4.91. The van der Waals surface area contributed by atoms with Crippen LogP contribution in [0, 0.1) is 11.6 Å². The van der Waals surface area contributed by atoms with E-state index in [0.717, 1.165) is 5.56 Å². The van der Waals surface area contributed by atoms with E-state index in [4.69, 9.17) is 0 Å². The highest BCUT2D eigenvalue weighted by molar-refractivity contribution is 5.96. The Hall–Kier alpha value is -2.27. The van der Waals surface area contributed by atoms with Gasteiger partial charge in [0.1, 0.15) is 11.6 Å². The van der Waals surface area contributed by atoms with Crippen molar-refractivity contribution in [2.75, 3.05) is 11.4 Å². The topological polar surface area (TPSA) is 32.3 Å². The van der Waals surface area contributed by atoms with E-state index >= 15 is 0 Å². The zero-order chi connectivity index (χ0) is 14.8. The lowest BCUT2D eigenvalue weighted by atomic mass is 10.1. The maximum absolute atomic E-state index is 13.8. The van der Waals surface area contributed by atoms with Gasteiger partial charge in [-0.05, 0) is 23.8 Å². The van der Waals surface area contributed by atoms with Crippen molar-refractivity contribution in [2.45, 2.75) is 13.1 Å². The Morgan fingerprint density at radius 3 is 2.48 bits per heavy atom. The number of halogens is 2. The van der Waals surface area contributed by atoms with Crippen LogP contribution >= 0.6 is 0 Å². The van der Waals surface area contributed by atoms with Crippen LogP contribution in [0.1, 0.15) is 11.1 Å². The minimum Gasteiger partial charge on any atom is -0.306 e. The van der Waals surface area contributed by atoms with E-state index < -0.39 is 11.6 Å². The summed E-state index contributed by atoms with van der Waals surface area (Å²) in [5.41, 5.74) is 1.53. The number of amides is 1. The Morgan fingerprint density at radius 1 is 1.00 bits per heavy atom. The molecule has 1 N–H and O–H groups in total. The second kappa shape index (κ2) is 5.61. The molecule has 0 unspecified atom stereocenters. The molecule has 0 aromatic heterocycles. The molecule has 5 heteroatoms. The smallest absolute Gasteiger partial charge is 0.241 e. The predicted octanol–water partition coefficient (Wildman–Crippen LogP) is 2.60. The molecular weight excluding hydrogens is 274 g/mol. The van der Waals surface area contributed by atoms with Crippen molar-refractivity contribution in [1.82, 2.24) is 5.32 Å². The van der Waals surface area contributed by atoms with E-state index in [0.29, 0.717) is 12.2 Å². The van der Waals surface area contributed by atoms with Crippen LogP contribution < -0.4 is 10.2 Å². The van der Waals surface area contributed by atoms with Crippen LogP contribution in [0.2, 0.25) is 0 Å². The molecule has 108 valence electrons. The first-order valence-corrected chi connectivity index (χ1v) is 6.68. The molecule has 2 aromatic rings. The molecule has 0 spiro atoms. The third-order valence-electron chi connectivity index (χ3n) is 3.55.